The monoisotopic (exact) mass is 1310 g/mol. The van der Waals surface area contributed by atoms with Crippen LogP contribution in [-0.2, 0) is 0 Å². The fraction of sp³-hybridized carbons (Fsp3) is 0. The predicted octanol–water partition coefficient (Wildman–Crippen LogP) is 15.0. The van der Waals surface area contributed by atoms with Crippen LogP contribution in [0.1, 0.15) is 0 Å². The number of aromatic nitrogens is 16. The number of imidazole rings is 8. The molecule has 17 heteroatoms. The van der Waals surface area contributed by atoms with E-state index in [1.54, 1.807) is 0 Å². The van der Waals surface area contributed by atoms with Crippen molar-refractivity contribution in [1.29, 1.82) is 0 Å². The summed E-state index contributed by atoms with van der Waals surface area (Å²) in [6.07, 6.45) is 0. The van der Waals surface area contributed by atoms with Crippen molar-refractivity contribution >= 4 is 140 Å². The van der Waals surface area contributed by atoms with Crippen LogP contribution < -0.4 is 20.7 Å². The smallest absolute Gasteiger partial charge is 0.221 e. The van der Waals surface area contributed by atoms with Crippen LogP contribution in [0.15, 0.2) is 315 Å². The Morgan fingerprint density at radius 1 is 0.188 bits per heavy atom. The van der Waals surface area contributed by atoms with Crippen LogP contribution in [0.2, 0.25) is 0 Å². The zero-order valence-corrected chi connectivity index (χ0v) is 54.7. The van der Waals surface area contributed by atoms with Gasteiger partial charge in [-0.05, 0) is 118 Å². The van der Waals surface area contributed by atoms with Crippen LogP contribution in [0.4, 0.5) is 0 Å². The molecule has 101 heavy (non-hydrogen) atoms. The highest BCUT2D eigenvalue weighted by Crippen LogP contribution is 2.37. The van der Waals surface area contributed by atoms with Crippen LogP contribution >= 0.6 is 0 Å². The Hall–Kier alpha value is -13.9. The Kier molecular flexibility index (Phi) is 11.5. The third kappa shape index (κ3) is 7.87. The topological polar surface area (TPSA) is 140 Å². The Morgan fingerprint density at radius 2 is 0.426 bits per heavy atom. The van der Waals surface area contributed by atoms with Crippen molar-refractivity contribution in [3.63, 3.8) is 0 Å². The molecule has 0 N–H and O–H groups in total. The summed E-state index contributed by atoms with van der Waals surface area (Å²) < 4.78 is 17.6. The summed E-state index contributed by atoms with van der Waals surface area (Å²) in [6.45, 7) is 0. The second-order valence-electron chi connectivity index (χ2n) is 25.7. The van der Waals surface area contributed by atoms with Crippen molar-refractivity contribution in [2.75, 3.05) is 0 Å². The maximum atomic E-state index is 5.72. The standard InChI is InChI=1S/C84H52N16Si/c1-3-27-55(28-4-1)101(56-29-5-2-6-30-56,57-31-23-25-53(49-57)79-89-75(97-71-45-19-15-41-67(71)93-63-37-11-7-33-59(63)85-81(93)97)51-76(90-79)98-72-46-20-16-42-68(72)94-64-38-12-8-34-60(64)86-82(94)98)58-32-24-26-54(50-58)80-91-77(99-73-47-21-17-43-69(73)95-65-39-13-9-35-61(65)87-83(95)99)52-78(92-80)100-74-48-22-18-44-70(74)96-66-40-14-10-36-62(66)88-84(96)100/h1-52H. The average Bonchev–Trinajstić information content (AvgIpc) is 1.60. The molecule has 16 nitrogen and oxygen atoms in total. The molecule has 12 aromatic carbocycles. The van der Waals surface area contributed by atoms with Gasteiger partial charge in [0.05, 0.1) is 88.3 Å². The van der Waals surface area contributed by atoms with Crippen LogP contribution in [0.5, 0.6) is 0 Å². The molecule has 0 saturated heterocycles. The van der Waals surface area contributed by atoms with Gasteiger partial charge in [0.25, 0.3) is 0 Å². The molecule has 10 heterocycles. The van der Waals surface area contributed by atoms with Gasteiger partial charge in [-0.15, -0.1) is 0 Å². The summed E-state index contributed by atoms with van der Waals surface area (Å²) in [7, 11) is -3.45. The lowest BCUT2D eigenvalue weighted by atomic mass is 10.2. The normalized spacial score (nSPS) is 12.4. The Balaban J connectivity index is 0.795. The fourth-order valence-electron chi connectivity index (χ4n) is 16.0. The van der Waals surface area contributed by atoms with Crippen molar-refractivity contribution < 1.29 is 0 Å². The predicted molar refractivity (Wildman–Crippen MR) is 404 cm³/mol. The van der Waals surface area contributed by atoms with Gasteiger partial charge in [-0.25, -0.2) is 39.9 Å². The molecule has 0 fully saturated rings. The van der Waals surface area contributed by atoms with E-state index < -0.39 is 8.07 Å². The minimum atomic E-state index is -3.45. The van der Waals surface area contributed by atoms with Crippen LogP contribution in [-0.4, -0.2) is 83.8 Å². The van der Waals surface area contributed by atoms with Gasteiger partial charge in [-0.1, -0.05) is 206 Å². The van der Waals surface area contributed by atoms with Gasteiger partial charge in [-0.3, -0.25) is 35.9 Å². The molecule has 0 atom stereocenters. The first-order chi connectivity index (χ1) is 50.1. The minimum absolute atomic E-state index is 0.531. The van der Waals surface area contributed by atoms with Gasteiger partial charge in [0, 0.05) is 23.3 Å². The molecule has 0 spiro atoms. The zero-order valence-electron chi connectivity index (χ0n) is 53.7. The first-order valence-corrected chi connectivity index (χ1v) is 35.7. The number of hydrogen-bond acceptors (Lipinski definition) is 8. The molecule has 22 aromatic rings. The lowest BCUT2D eigenvalue weighted by Gasteiger charge is -2.35. The third-order valence-electron chi connectivity index (χ3n) is 20.3. The van der Waals surface area contributed by atoms with Crippen molar-refractivity contribution in [2.24, 2.45) is 0 Å². The van der Waals surface area contributed by atoms with E-state index in [2.05, 4.69) is 327 Å². The maximum Gasteiger partial charge on any atom is 0.221 e. The number of benzene rings is 12. The van der Waals surface area contributed by atoms with Gasteiger partial charge >= 0.3 is 0 Å². The van der Waals surface area contributed by atoms with Gasteiger partial charge in [0.2, 0.25) is 23.1 Å². The molecule has 0 aliphatic rings. The second-order valence-corrected chi connectivity index (χ2v) is 29.5. The van der Waals surface area contributed by atoms with E-state index in [4.69, 9.17) is 39.9 Å². The minimum Gasteiger partial charge on any atom is -0.276 e. The van der Waals surface area contributed by atoms with Crippen molar-refractivity contribution in [1.82, 2.24) is 75.7 Å². The molecule has 472 valence electrons. The van der Waals surface area contributed by atoms with Crippen LogP contribution in [0.3, 0.4) is 0 Å². The van der Waals surface area contributed by atoms with Gasteiger partial charge in [-0.2, -0.15) is 0 Å². The largest absolute Gasteiger partial charge is 0.276 e. The lowest BCUT2D eigenvalue weighted by molar-refractivity contribution is 0.969. The SMILES string of the molecule is c1ccc([Si](c2ccccc2)(c2cccc(-c3nc(-n4c5ccccc5n5c6ccccc6nc45)cc(-n4c5ccccc5n5c6ccccc6nc45)n3)c2)c2cccc(-c3nc(-n4c5ccccc5n5c6ccccc6nc45)cc(-n4c5ccccc5n5c6ccccc6nc45)n3)c2)cc1. The molecule has 22 rings (SSSR count). The number of para-hydroxylation sites is 16. The molecule has 0 bridgehead atoms. The van der Waals surface area contributed by atoms with Crippen LogP contribution in [0, 0.1) is 0 Å². The first-order valence-electron chi connectivity index (χ1n) is 33.7. The molecule has 0 aliphatic carbocycles. The van der Waals surface area contributed by atoms with Crippen molar-refractivity contribution in [2.45, 2.75) is 0 Å². The van der Waals surface area contributed by atoms with E-state index in [0.717, 1.165) is 133 Å². The maximum absolute atomic E-state index is 5.72. The summed E-state index contributed by atoms with van der Waals surface area (Å²) in [5.41, 5.74) is 17.1. The Morgan fingerprint density at radius 3 is 0.713 bits per heavy atom. The highest BCUT2D eigenvalue weighted by Gasteiger charge is 2.42. The van der Waals surface area contributed by atoms with Gasteiger partial charge in [0.1, 0.15) is 23.3 Å². The molecule has 0 aliphatic heterocycles. The molecular formula is C84H52N16Si. The molecular weight excluding hydrogens is 1260 g/mol. The van der Waals surface area contributed by atoms with Crippen molar-refractivity contribution in [3.8, 4) is 46.0 Å². The van der Waals surface area contributed by atoms with E-state index >= 15 is 0 Å². The number of rotatable bonds is 10. The van der Waals surface area contributed by atoms with E-state index in [0.29, 0.717) is 34.9 Å². The number of hydrogen-bond donors (Lipinski definition) is 0. The highest BCUT2D eigenvalue weighted by atomic mass is 28.3. The third-order valence-corrected chi connectivity index (χ3v) is 25.0. The molecule has 0 amide bonds. The van der Waals surface area contributed by atoms with Gasteiger partial charge in [0.15, 0.2) is 19.7 Å². The summed E-state index contributed by atoms with van der Waals surface area (Å²) in [4.78, 5) is 44.3. The van der Waals surface area contributed by atoms with E-state index in [-0.39, 0.29) is 0 Å². The summed E-state index contributed by atoms with van der Waals surface area (Å²) in [5, 5.41) is 4.62. The van der Waals surface area contributed by atoms with Gasteiger partial charge < -0.3 is 0 Å². The summed E-state index contributed by atoms with van der Waals surface area (Å²) in [6, 6.07) is 111. The number of fused-ring (bicyclic) bond motifs is 20. The summed E-state index contributed by atoms with van der Waals surface area (Å²) >= 11 is 0. The van der Waals surface area contributed by atoms with Crippen molar-refractivity contribution in [3.05, 3.63) is 315 Å². The lowest BCUT2D eigenvalue weighted by Crippen LogP contribution is -2.74. The zero-order chi connectivity index (χ0) is 66.0. The quantitative estimate of drug-likeness (QED) is 0.0974. The van der Waals surface area contributed by atoms with Crippen LogP contribution in [0.25, 0.3) is 157 Å². The highest BCUT2D eigenvalue weighted by molar-refractivity contribution is 7.20. The fourth-order valence-corrected chi connectivity index (χ4v) is 20.8. The Labute approximate surface area is 574 Å². The first kappa shape index (κ1) is 55.3. The molecule has 0 unspecified atom stereocenters. The molecule has 10 aromatic heterocycles. The Bertz CT molecular complexity index is 6420. The summed E-state index contributed by atoms with van der Waals surface area (Å²) in [5.74, 6) is 6.61. The second kappa shape index (κ2) is 21.1. The molecule has 0 saturated carbocycles. The molecule has 0 radical (unpaired) electrons. The van der Waals surface area contributed by atoms with E-state index in [1.165, 1.54) is 10.4 Å². The van der Waals surface area contributed by atoms with E-state index in [1.807, 2.05) is 24.3 Å². The number of nitrogens with zero attached hydrogens (tertiary/aromatic N) is 16. The average molecular weight is 1310 g/mol. The van der Waals surface area contributed by atoms with E-state index in [9.17, 15) is 0 Å².